The molecule has 4 nitrogen and oxygen atoms in total. The summed E-state index contributed by atoms with van der Waals surface area (Å²) < 4.78 is 89.2. The molecule has 5 rings (SSSR count). The molecule has 0 saturated carbocycles. The number of aliphatic hydroxyl groups is 1. The molecule has 0 amide bonds. The zero-order chi connectivity index (χ0) is 23.0. The Hall–Kier alpha value is -1.52. The van der Waals surface area contributed by atoms with E-state index >= 15 is 0 Å². The molecule has 0 radical (unpaired) electrons. The van der Waals surface area contributed by atoms with Crippen LogP contribution in [0, 0.1) is 5.89 Å². The van der Waals surface area contributed by atoms with Crippen molar-refractivity contribution in [1.82, 2.24) is 4.90 Å². The van der Waals surface area contributed by atoms with E-state index in [0.717, 1.165) is 12.2 Å². The van der Waals surface area contributed by atoms with Crippen LogP contribution in [0.25, 0.3) is 0 Å². The van der Waals surface area contributed by atoms with Gasteiger partial charge in [-0.2, -0.15) is 0 Å². The van der Waals surface area contributed by atoms with E-state index in [1.165, 1.54) is 19.2 Å². The first-order valence-electron chi connectivity index (χ1n) is 11.7. The predicted molar refractivity (Wildman–Crippen MR) is 82.5 cm³/mol. The fraction of sp³-hybridized carbons (Fsp3) is 0.556. The second-order valence-corrected chi connectivity index (χ2v) is 5.86. The SMILES string of the molecule is [2H]C([2H])([2H])N1CC[C@]23c4c5ccc(OC)c4OC2([2H])C([2H])(O)C=C[C@@]3([2H])[C@@]1([2H])C5([2H])[2H]. The zero-order valence-electron chi connectivity index (χ0n) is 20.9. The Morgan fingerprint density at radius 3 is 3.27 bits per heavy atom. The fourth-order valence-corrected chi connectivity index (χ4v) is 4.02. The Balaban J connectivity index is 2.00. The highest BCUT2D eigenvalue weighted by molar-refractivity contribution is 5.62. The molecule has 2 heterocycles. The molecule has 0 aromatic heterocycles. The van der Waals surface area contributed by atoms with Gasteiger partial charge < -0.3 is 19.5 Å². The Bertz CT molecular complexity index is 1040. The van der Waals surface area contributed by atoms with Gasteiger partial charge in [-0.05, 0) is 37.9 Å². The van der Waals surface area contributed by atoms with E-state index < -0.39 is 42.8 Å². The Labute approximate surface area is 143 Å². The number of methoxy groups -OCH3 is 1. The van der Waals surface area contributed by atoms with E-state index in [9.17, 15) is 7.85 Å². The van der Waals surface area contributed by atoms with Crippen molar-refractivity contribution in [1.29, 1.82) is 0 Å². The molecule has 1 fully saturated rings. The second-order valence-electron chi connectivity index (χ2n) is 5.86. The molecule has 1 spiro atoms. The lowest BCUT2D eigenvalue weighted by molar-refractivity contribution is -0.0453. The Morgan fingerprint density at radius 2 is 2.45 bits per heavy atom. The summed E-state index contributed by atoms with van der Waals surface area (Å²) in [6, 6.07) is 0.0204. The number of ether oxygens (including phenoxy) is 2. The maximum absolute atomic E-state index is 10.9. The van der Waals surface area contributed by atoms with Crippen molar-refractivity contribution < 1.29 is 26.9 Å². The summed E-state index contributed by atoms with van der Waals surface area (Å²) in [6.45, 7) is -3.26. The van der Waals surface area contributed by atoms with Crippen LogP contribution < -0.4 is 9.47 Å². The molecular formula is C18H21NO3. The van der Waals surface area contributed by atoms with Gasteiger partial charge >= 0.3 is 0 Å². The van der Waals surface area contributed by atoms with Crippen molar-refractivity contribution in [2.24, 2.45) is 5.89 Å². The van der Waals surface area contributed by atoms with Gasteiger partial charge in [-0.1, -0.05) is 18.2 Å². The third kappa shape index (κ3) is 1.28. The lowest BCUT2D eigenvalue weighted by Crippen LogP contribution is -2.64. The lowest BCUT2D eigenvalue weighted by atomic mass is 9.53. The summed E-state index contributed by atoms with van der Waals surface area (Å²) in [5.74, 6) is -2.30. The molecule has 2 bridgehead atoms. The molecule has 2 aliphatic heterocycles. The third-order valence-corrected chi connectivity index (χ3v) is 4.95. The molecule has 22 heavy (non-hydrogen) atoms. The smallest absolute Gasteiger partial charge is 0.165 e. The first-order chi connectivity index (χ1) is 14.1. The molecule has 1 N–H and O–H groups in total. The highest BCUT2D eigenvalue weighted by atomic mass is 16.5. The topological polar surface area (TPSA) is 41.9 Å². The minimum Gasteiger partial charge on any atom is -0.493 e. The molecule has 1 saturated heterocycles. The first-order valence-corrected chi connectivity index (χ1v) is 7.18. The van der Waals surface area contributed by atoms with Gasteiger partial charge in [-0.15, -0.1) is 0 Å². The molecule has 5 atom stereocenters. The monoisotopic (exact) mass is 308 g/mol. The number of likely N-dealkylation sites (N-methyl/N-ethyl adjacent to an activating group) is 1. The van der Waals surface area contributed by atoms with Gasteiger partial charge in [0.2, 0.25) is 0 Å². The molecule has 1 aromatic rings. The van der Waals surface area contributed by atoms with Gasteiger partial charge in [-0.3, -0.25) is 0 Å². The van der Waals surface area contributed by atoms with Crippen molar-refractivity contribution in [3.63, 3.8) is 0 Å². The number of rotatable bonds is 1. The van der Waals surface area contributed by atoms with E-state index in [0.29, 0.717) is 4.90 Å². The summed E-state index contributed by atoms with van der Waals surface area (Å²) in [7, 11) is 1.35. The summed E-state index contributed by atoms with van der Waals surface area (Å²) >= 11 is 0. The van der Waals surface area contributed by atoms with E-state index in [2.05, 4.69) is 0 Å². The number of likely N-dealkylation sites (tertiary alicyclic amines) is 1. The Morgan fingerprint density at radius 1 is 1.55 bits per heavy atom. The minimum absolute atomic E-state index is 0.0609. The maximum Gasteiger partial charge on any atom is 0.165 e. The van der Waals surface area contributed by atoms with Crippen LogP contribution in [0.2, 0.25) is 0 Å². The summed E-state index contributed by atoms with van der Waals surface area (Å²) in [5, 5.41) is 10.9. The molecule has 116 valence electrons. The van der Waals surface area contributed by atoms with E-state index in [-0.39, 0.29) is 35.6 Å². The molecular weight excluding hydrogens is 278 g/mol. The maximum atomic E-state index is 10.9. The number of piperidine rings is 1. The van der Waals surface area contributed by atoms with E-state index in [4.69, 9.17) is 19.1 Å². The number of hydrogen-bond acceptors (Lipinski definition) is 4. The van der Waals surface area contributed by atoms with Crippen molar-refractivity contribution in [2.75, 3.05) is 20.6 Å². The number of nitrogens with zero attached hydrogens (tertiary/aromatic N) is 1. The van der Waals surface area contributed by atoms with Crippen LogP contribution in [0.3, 0.4) is 0 Å². The number of benzene rings is 1. The molecule has 4 aliphatic rings. The van der Waals surface area contributed by atoms with E-state index in [1.54, 1.807) is 0 Å². The molecule has 1 aromatic carbocycles. The van der Waals surface area contributed by atoms with Crippen LogP contribution in [-0.4, -0.2) is 48.8 Å². The Kier molecular flexibility index (Phi) is 1.28. The van der Waals surface area contributed by atoms with Crippen LogP contribution in [-0.2, 0) is 11.8 Å². The van der Waals surface area contributed by atoms with Crippen molar-refractivity contribution in [3.8, 4) is 11.5 Å². The van der Waals surface area contributed by atoms with Gasteiger partial charge in [0.15, 0.2) is 11.5 Å². The predicted octanol–water partition coefficient (Wildman–Crippen LogP) is 1.50. The quantitative estimate of drug-likeness (QED) is 0.799. The zero-order valence-corrected chi connectivity index (χ0v) is 11.9. The van der Waals surface area contributed by atoms with Crippen molar-refractivity contribution >= 4 is 0 Å². The van der Waals surface area contributed by atoms with Crippen LogP contribution in [0.15, 0.2) is 24.3 Å². The summed E-state index contributed by atoms with van der Waals surface area (Å²) in [5.41, 5.74) is -1.90. The van der Waals surface area contributed by atoms with Crippen molar-refractivity contribution in [2.45, 2.75) is 36.4 Å². The highest BCUT2D eigenvalue weighted by Gasteiger charge is 2.64. The van der Waals surface area contributed by atoms with Crippen LogP contribution in [0.4, 0.5) is 0 Å². The van der Waals surface area contributed by atoms with Crippen LogP contribution in [0.5, 0.6) is 11.5 Å². The van der Waals surface area contributed by atoms with Gasteiger partial charge in [0.25, 0.3) is 0 Å². The van der Waals surface area contributed by atoms with Gasteiger partial charge in [0.05, 0.1) is 9.85 Å². The minimum atomic E-state index is -2.90. The van der Waals surface area contributed by atoms with Gasteiger partial charge in [0.1, 0.15) is 12.2 Å². The second kappa shape index (κ2) is 4.06. The standard InChI is InChI=1S/C18H21NO3/c1-19-8-7-18-11-4-5-13(20)17(18)22-16-14(21-2)6-3-10(15(16)18)9-12(11)19/h3-6,11-13,17,20H,7-9H2,1-2H3/t11-,12+,13?,17?,18-/m0/s1/i1D3,9D2,11D,12D,13D,17D. The largest absolute Gasteiger partial charge is 0.493 e. The van der Waals surface area contributed by atoms with Crippen molar-refractivity contribution in [3.05, 3.63) is 35.4 Å². The molecule has 4 heteroatoms. The molecule has 2 aliphatic carbocycles. The average Bonchev–Trinajstić information content (AvgIpc) is 2.93. The third-order valence-electron chi connectivity index (χ3n) is 4.95. The fourth-order valence-electron chi connectivity index (χ4n) is 4.02. The first kappa shape index (κ1) is 6.93. The van der Waals surface area contributed by atoms with Crippen LogP contribution >= 0.6 is 0 Å². The number of hydrogen-bond donors (Lipinski definition) is 1. The summed E-state index contributed by atoms with van der Waals surface area (Å²) in [6.07, 6.45) is -6.24. The lowest BCUT2D eigenvalue weighted by Gasteiger charge is -2.56. The summed E-state index contributed by atoms with van der Waals surface area (Å²) in [4.78, 5) is 0.683. The average molecular weight is 308 g/mol. The van der Waals surface area contributed by atoms with Gasteiger partial charge in [0, 0.05) is 32.5 Å². The van der Waals surface area contributed by atoms with Gasteiger partial charge in [-0.25, -0.2) is 0 Å². The highest BCUT2D eigenvalue weighted by Crippen LogP contribution is 2.62. The normalized spacial score (nSPS) is 63.3. The van der Waals surface area contributed by atoms with Crippen LogP contribution in [0.1, 0.15) is 29.9 Å². The molecule has 2 unspecified atom stereocenters. The van der Waals surface area contributed by atoms with E-state index in [1.807, 2.05) is 0 Å².